The first-order chi connectivity index (χ1) is 21.4. The first kappa shape index (κ1) is 34.4. The number of anilines is 1. The molecule has 1 saturated carbocycles. The molecular weight excluding hydrogens is 637 g/mol. The Morgan fingerprint density at radius 1 is 0.933 bits per heavy atom. The number of carbonyl (C=O) groups excluding carboxylic acids is 2. The Morgan fingerprint density at radius 3 is 2.24 bits per heavy atom. The van der Waals surface area contributed by atoms with E-state index in [2.05, 4.69) is 5.32 Å². The van der Waals surface area contributed by atoms with E-state index < -0.39 is 28.5 Å². The van der Waals surface area contributed by atoms with E-state index in [0.717, 1.165) is 42.0 Å². The van der Waals surface area contributed by atoms with Gasteiger partial charge in [-0.2, -0.15) is 0 Å². The van der Waals surface area contributed by atoms with Gasteiger partial charge in [0.15, 0.2) is 0 Å². The van der Waals surface area contributed by atoms with Gasteiger partial charge in [0, 0.05) is 18.7 Å². The molecule has 4 rings (SSSR count). The molecule has 2 amide bonds. The van der Waals surface area contributed by atoms with Crippen LogP contribution >= 0.6 is 23.2 Å². The molecule has 0 saturated heterocycles. The lowest BCUT2D eigenvalue weighted by Gasteiger charge is -2.33. The van der Waals surface area contributed by atoms with Crippen LogP contribution in [0.4, 0.5) is 5.69 Å². The van der Waals surface area contributed by atoms with Crippen LogP contribution in [-0.2, 0) is 26.2 Å². The minimum Gasteiger partial charge on any atom is -0.497 e. The molecule has 3 aromatic carbocycles. The van der Waals surface area contributed by atoms with Gasteiger partial charge in [-0.25, -0.2) is 8.42 Å². The molecule has 0 heterocycles. The van der Waals surface area contributed by atoms with E-state index in [0.29, 0.717) is 21.4 Å². The molecule has 0 unspecified atom stereocenters. The molecule has 0 aromatic heterocycles. The van der Waals surface area contributed by atoms with E-state index in [1.54, 1.807) is 49.4 Å². The van der Waals surface area contributed by atoms with E-state index in [-0.39, 0.29) is 34.8 Å². The monoisotopic (exact) mass is 675 g/mol. The van der Waals surface area contributed by atoms with Crippen molar-refractivity contribution in [2.75, 3.05) is 25.1 Å². The lowest BCUT2D eigenvalue weighted by atomic mass is 9.95. The zero-order chi connectivity index (χ0) is 32.7. The second-order valence-electron chi connectivity index (χ2n) is 11.2. The van der Waals surface area contributed by atoms with Crippen LogP contribution < -0.4 is 19.1 Å². The Morgan fingerprint density at radius 2 is 1.62 bits per heavy atom. The van der Waals surface area contributed by atoms with E-state index in [1.807, 2.05) is 6.92 Å². The molecule has 45 heavy (non-hydrogen) atoms. The number of methoxy groups -OCH3 is 2. The van der Waals surface area contributed by atoms with Crippen LogP contribution in [0.2, 0.25) is 10.0 Å². The molecule has 9 nitrogen and oxygen atoms in total. The highest BCUT2D eigenvalue weighted by atomic mass is 35.5. The number of ether oxygens (including phenoxy) is 2. The van der Waals surface area contributed by atoms with E-state index in [4.69, 9.17) is 32.7 Å². The SMILES string of the molecule is COc1ccc(OC)c(N(CC(=O)N(Cc2ccc(Cl)c(Cl)c2)[C@@H](C)C(=O)NC2CCCCC2)S(=O)(=O)c2ccc(C)cc2)c1. The Bertz CT molecular complexity index is 1610. The molecule has 1 N–H and O–H groups in total. The minimum atomic E-state index is -4.30. The summed E-state index contributed by atoms with van der Waals surface area (Å²) in [7, 11) is -1.43. The highest BCUT2D eigenvalue weighted by Gasteiger charge is 2.34. The summed E-state index contributed by atoms with van der Waals surface area (Å²) in [5.41, 5.74) is 1.61. The second-order valence-corrected chi connectivity index (χ2v) is 13.8. The van der Waals surface area contributed by atoms with Crippen molar-refractivity contribution in [3.05, 3.63) is 81.8 Å². The highest BCUT2D eigenvalue weighted by Crippen LogP contribution is 2.36. The summed E-state index contributed by atoms with van der Waals surface area (Å²) < 4.78 is 40.4. The van der Waals surface area contributed by atoms with Crippen LogP contribution in [0, 0.1) is 6.92 Å². The number of carbonyl (C=O) groups is 2. The maximum atomic E-state index is 14.3. The van der Waals surface area contributed by atoms with Gasteiger partial charge in [0.1, 0.15) is 24.1 Å². The summed E-state index contributed by atoms with van der Waals surface area (Å²) in [6, 6.07) is 15.1. The van der Waals surface area contributed by atoms with Crippen molar-refractivity contribution < 1.29 is 27.5 Å². The molecule has 0 aliphatic heterocycles. The third-order valence-electron chi connectivity index (χ3n) is 8.00. The maximum absolute atomic E-state index is 14.3. The van der Waals surface area contributed by atoms with Crippen LogP contribution in [0.3, 0.4) is 0 Å². The van der Waals surface area contributed by atoms with E-state index >= 15 is 0 Å². The molecule has 1 aliphatic carbocycles. The van der Waals surface area contributed by atoms with Crippen molar-refractivity contribution in [2.24, 2.45) is 0 Å². The summed E-state index contributed by atoms with van der Waals surface area (Å²) >= 11 is 12.4. The third-order valence-corrected chi connectivity index (χ3v) is 10.5. The van der Waals surface area contributed by atoms with Crippen molar-refractivity contribution in [1.29, 1.82) is 0 Å². The fraction of sp³-hybridized carbons (Fsp3) is 0.394. The normalized spacial score (nSPS) is 14.4. The zero-order valence-electron chi connectivity index (χ0n) is 25.9. The fourth-order valence-electron chi connectivity index (χ4n) is 5.33. The third kappa shape index (κ3) is 8.42. The number of hydrogen-bond donors (Lipinski definition) is 1. The smallest absolute Gasteiger partial charge is 0.264 e. The molecule has 1 aliphatic rings. The predicted molar refractivity (Wildman–Crippen MR) is 177 cm³/mol. The van der Waals surface area contributed by atoms with Gasteiger partial charge in [0.05, 0.1) is 34.8 Å². The topological polar surface area (TPSA) is 105 Å². The number of nitrogens with zero attached hydrogens (tertiary/aromatic N) is 2. The standard InChI is InChI=1S/C33H39Cl2N3O6S/c1-22-10-14-27(15-11-22)45(41,42)38(30-19-26(43-3)13-17-31(30)44-4)21-32(39)37(20-24-12-16-28(34)29(35)18-24)23(2)33(40)36-25-8-6-5-7-9-25/h10-19,23,25H,5-9,20-21H2,1-4H3,(H,36,40)/t23-/m0/s1. The van der Waals surface area contributed by atoms with E-state index in [1.165, 1.54) is 37.3 Å². The van der Waals surface area contributed by atoms with Gasteiger partial charge in [-0.1, -0.05) is 66.2 Å². The molecule has 3 aromatic rings. The van der Waals surface area contributed by atoms with Gasteiger partial charge in [0.2, 0.25) is 11.8 Å². The van der Waals surface area contributed by atoms with Crippen molar-refractivity contribution in [2.45, 2.75) is 69.5 Å². The van der Waals surface area contributed by atoms with Crippen LogP contribution in [0.1, 0.15) is 50.2 Å². The van der Waals surface area contributed by atoms with Crippen LogP contribution in [0.25, 0.3) is 0 Å². The van der Waals surface area contributed by atoms with Gasteiger partial charge in [-0.3, -0.25) is 13.9 Å². The number of sulfonamides is 1. The Kier molecular flexibility index (Phi) is 11.6. The first-order valence-electron chi connectivity index (χ1n) is 14.8. The number of hydrogen-bond acceptors (Lipinski definition) is 6. The van der Waals surface area contributed by atoms with Gasteiger partial charge in [-0.15, -0.1) is 0 Å². The van der Waals surface area contributed by atoms with Gasteiger partial charge >= 0.3 is 0 Å². The average Bonchev–Trinajstić information content (AvgIpc) is 3.04. The van der Waals surface area contributed by atoms with Gasteiger partial charge < -0.3 is 19.7 Å². The maximum Gasteiger partial charge on any atom is 0.264 e. The summed E-state index contributed by atoms with van der Waals surface area (Å²) in [6.07, 6.45) is 4.93. The number of aryl methyl sites for hydroxylation is 1. The van der Waals surface area contributed by atoms with Crippen molar-refractivity contribution in [3.63, 3.8) is 0 Å². The summed E-state index contributed by atoms with van der Waals surface area (Å²) in [5, 5.41) is 3.74. The lowest BCUT2D eigenvalue weighted by Crippen LogP contribution is -2.53. The molecule has 1 atom stereocenters. The number of rotatable bonds is 12. The number of amides is 2. The molecule has 1 fully saturated rings. The van der Waals surface area contributed by atoms with Crippen molar-refractivity contribution in [1.82, 2.24) is 10.2 Å². The number of benzene rings is 3. The average molecular weight is 677 g/mol. The second kappa shape index (κ2) is 15.2. The highest BCUT2D eigenvalue weighted by molar-refractivity contribution is 7.92. The van der Waals surface area contributed by atoms with Gasteiger partial charge in [0.25, 0.3) is 10.0 Å². The molecule has 242 valence electrons. The van der Waals surface area contributed by atoms with E-state index in [9.17, 15) is 18.0 Å². The Hall–Kier alpha value is -3.47. The lowest BCUT2D eigenvalue weighted by molar-refractivity contribution is -0.139. The van der Waals surface area contributed by atoms with Crippen molar-refractivity contribution in [3.8, 4) is 11.5 Å². The molecular formula is C33H39Cl2N3O6S. The van der Waals surface area contributed by atoms with Crippen LogP contribution in [-0.4, -0.2) is 58.0 Å². The molecule has 12 heteroatoms. The van der Waals surface area contributed by atoms with Crippen molar-refractivity contribution >= 4 is 50.7 Å². The first-order valence-corrected chi connectivity index (χ1v) is 17.0. The molecule has 0 bridgehead atoms. The number of nitrogens with one attached hydrogen (secondary N) is 1. The quantitative estimate of drug-likeness (QED) is 0.239. The summed E-state index contributed by atoms with van der Waals surface area (Å²) in [6.45, 7) is 2.85. The fourth-order valence-corrected chi connectivity index (χ4v) is 7.07. The Labute approximate surface area is 275 Å². The predicted octanol–water partition coefficient (Wildman–Crippen LogP) is 6.38. The molecule has 0 spiro atoms. The molecule has 0 radical (unpaired) electrons. The largest absolute Gasteiger partial charge is 0.497 e. The van der Waals surface area contributed by atoms with Gasteiger partial charge in [-0.05, 0) is 68.7 Å². The zero-order valence-corrected chi connectivity index (χ0v) is 28.2. The minimum absolute atomic E-state index is 0.00936. The summed E-state index contributed by atoms with van der Waals surface area (Å²) in [4.78, 5) is 29.2. The number of halogens is 2. The Balaban J connectivity index is 1.76. The van der Waals surface area contributed by atoms with Crippen LogP contribution in [0.15, 0.2) is 65.6 Å². The summed E-state index contributed by atoms with van der Waals surface area (Å²) in [5.74, 6) is -0.330. The van der Waals surface area contributed by atoms with Crippen LogP contribution in [0.5, 0.6) is 11.5 Å².